The zero-order valence-electron chi connectivity index (χ0n) is 12.1. The summed E-state index contributed by atoms with van der Waals surface area (Å²) in [7, 11) is 2.13. The SMILES string of the molecule is CC(C)NCC1OCCN(C)C1c1ncc(Br)cc1Br. The second kappa shape index (κ2) is 7.31. The van der Waals surface area contributed by atoms with Crippen molar-refractivity contribution in [3.8, 4) is 0 Å². The largest absolute Gasteiger partial charge is 0.374 e. The maximum atomic E-state index is 5.97. The van der Waals surface area contributed by atoms with Crippen LogP contribution in [0.15, 0.2) is 21.2 Å². The normalized spacial score (nSPS) is 24.3. The Bertz CT molecular complexity index is 456. The first-order valence-corrected chi connectivity index (χ1v) is 8.43. The van der Waals surface area contributed by atoms with E-state index in [9.17, 15) is 0 Å². The molecule has 1 aromatic heterocycles. The molecule has 2 rings (SSSR count). The number of aromatic nitrogens is 1. The number of likely N-dealkylation sites (N-methyl/N-ethyl adjacent to an activating group) is 1. The number of morpholine rings is 1. The zero-order valence-corrected chi connectivity index (χ0v) is 15.2. The molecule has 0 amide bonds. The highest BCUT2D eigenvalue weighted by atomic mass is 79.9. The van der Waals surface area contributed by atoms with Gasteiger partial charge in [-0.1, -0.05) is 13.8 Å². The predicted octanol–water partition coefficient (Wildman–Crippen LogP) is 2.98. The Morgan fingerprint density at radius 2 is 2.25 bits per heavy atom. The Labute approximate surface area is 137 Å². The van der Waals surface area contributed by atoms with Crippen LogP contribution in [0, 0.1) is 0 Å². The highest BCUT2D eigenvalue weighted by Gasteiger charge is 2.33. The van der Waals surface area contributed by atoms with Gasteiger partial charge in [0.05, 0.1) is 24.4 Å². The Kier molecular flexibility index (Phi) is 5.98. The average Bonchev–Trinajstić information content (AvgIpc) is 2.37. The van der Waals surface area contributed by atoms with E-state index in [1.54, 1.807) is 0 Å². The molecule has 2 unspecified atom stereocenters. The second-order valence-electron chi connectivity index (χ2n) is 5.42. The maximum absolute atomic E-state index is 5.97. The van der Waals surface area contributed by atoms with Gasteiger partial charge >= 0.3 is 0 Å². The standard InChI is InChI=1S/C14H21Br2N3O/c1-9(2)17-8-12-14(19(3)4-5-20-12)13-11(16)6-10(15)7-18-13/h6-7,9,12,14,17H,4-5,8H2,1-3H3. The number of ether oxygens (including phenoxy) is 1. The lowest BCUT2D eigenvalue weighted by atomic mass is 10.0. The van der Waals surface area contributed by atoms with Gasteiger partial charge in [0.1, 0.15) is 0 Å². The Balaban J connectivity index is 2.22. The molecule has 0 spiro atoms. The van der Waals surface area contributed by atoms with Gasteiger partial charge in [0, 0.05) is 34.3 Å². The average molecular weight is 407 g/mol. The molecule has 1 saturated heterocycles. The first-order valence-electron chi connectivity index (χ1n) is 6.85. The molecule has 2 atom stereocenters. The quantitative estimate of drug-likeness (QED) is 0.833. The lowest BCUT2D eigenvalue weighted by Gasteiger charge is -2.39. The van der Waals surface area contributed by atoms with Crippen molar-refractivity contribution >= 4 is 31.9 Å². The van der Waals surface area contributed by atoms with Crippen molar-refractivity contribution in [1.82, 2.24) is 15.2 Å². The molecule has 1 N–H and O–H groups in total. The zero-order chi connectivity index (χ0) is 14.7. The minimum Gasteiger partial charge on any atom is -0.374 e. The number of hydrogen-bond acceptors (Lipinski definition) is 4. The molecule has 0 aliphatic carbocycles. The summed E-state index contributed by atoms with van der Waals surface area (Å²) < 4.78 is 7.97. The monoisotopic (exact) mass is 405 g/mol. The Hall–Kier alpha value is -0.0100. The van der Waals surface area contributed by atoms with E-state index >= 15 is 0 Å². The van der Waals surface area contributed by atoms with Crippen LogP contribution in [0.4, 0.5) is 0 Å². The maximum Gasteiger partial charge on any atom is 0.0912 e. The van der Waals surface area contributed by atoms with Crippen molar-refractivity contribution in [2.75, 3.05) is 26.7 Å². The van der Waals surface area contributed by atoms with E-state index in [0.29, 0.717) is 6.04 Å². The number of pyridine rings is 1. The third-order valence-electron chi connectivity index (χ3n) is 3.45. The molecular weight excluding hydrogens is 386 g/mol. The van der Waals surface area contributed by atoms with Crippen LogP contribution in [0.2, 0.25) is 0 Å². The van der Waals surface area contributed by atoms with Crippen LogP contribution < -0.4 is 5.32 Å². The van der Waals surface area contributed by atoms with E-state index in [1.165, 1.54) is 0 Å². The van der Waals surface area contributed by atoms with Crippen molar-refractivity contribution in [2.24, 2.45) is 0 Å². The number of halogens is 2. The van der Waals surface area contributed by atoms with E-state index in [4.69, 9.17) is 4.74 Å². The fourth-order valence-electron chi connectivity index (χ4n) is 2.41. The van der Waals surface area contributed by atoms with E-state index in [1.807, 2.05) is 12.3 Å². The Morgan fingerprint density at radius 1 is 1.50 bits per heavy atom. The van der Waals surface area contributed by atoms with E-state index < -0.39 is 0 Å². The third-order valence-corrected chi connectivity index (χ3v) is 4.52. The molecule has 0 bridgehead atoms. The molecule has 112 valence electrons. The molecule has 0 aromatic carbocycles. The molecule has 1 aliphatic heterocycles. The molecular formula is C14H21Br2N3O. The van der Waals surface area contributed by atoms with Crippen molar-refractivity contribution < 1.29 is 4.74 Å². The van der Waals surface area contributed by atoms with Gasteiger partial charge in [-0.05, 0) is 45.0 Å². The van der Waals surface area contributed by atoms with Crippen LogP contribution in [0.25, 0.3) is 0 Å². The fourth-order valence-corrected chi connectivity index (χ4v) is 3.63. The lowest BCUT2D eigenvalue weighted by molar-refractivity contribution is -0.0635. The van der Waals surface area contributed by atoms with E-state index in [2.05, 4.69) is 68.0 Å². The summed E-state index contributed by atoms with van der Waals surface area (Å²) in [5.41, 5.74) is 1.03. The van der Waals surface area contributed by atoms with E-state index in [-0.39, 0.29) is 12.1 Å². The van der Waals surface area contributed by atoms with Crippen molar-refractivity contribution in [2.45, 2.75) is 32.0 Å². The predicted molar refractivity (Wildman–Crippen MR) is 87.9 cm³/mol. The highest BCUT2D eigenvalue weighted by Crippen LogP contribution is 2.32. The summed E-state index contributed by atoms with van der Waals surface area (Å²) in [6.07, 6.45) is 1.95. The molecule has 2 heterocycles. The molecule has 20 heavy (non-hydrogen) atoms. The molecule has 1 aromatic rings. The number of nitrogens with zero attached hydrogens (tertiary/aromatic N) is 2. The van der Waals surface area contributed by atoms with Crippen LogP contribution >= 0.6 is 31.9 Å². The van der Waals surface area contributed by atoms with Gasteiger partial charge in [0.2, 0.25) is 0 Å². The smallest absolute Gasteiger partial charge is 0.0912 e. The van der Waals surface area contributed by atoms with Crippen molar-refractivity contribution in [3.63, 3.8) is 0 Å². The van der Waals surface area contributed by atoms with Gasteiger partial charge in [-0.2, -0.15) is 0 Å². The first-order chi connectivity index (χ1) is 9.49. The lowest BCUT2D eigenvalue weighted by Crippen LogP contribution is -2.48. The highest BCUT2D eigenvalue weighted by molar-refractivity contribution is 9.11. The minimum atomic E-state index is 0.112. The molecule has 4 nitrogen and oxygen atoms in total. The molecule has 6 heteroatoms. The second-order valence-corrected chi connectivity index (χ2v) is 7.19. The number of rotatable bonds is 4. The van der Waals surface area contributed by atoms with Gasteiger partial charge in [-0.25, -0.2) is 0 Å². The minimum absolute atomic E-state index is 0.112. The van der Waals surface area contributed by atoms with Gasteiger partial charge in [0.15, 0.2) is 0 Å². The van der Waals surface area contributed by atoms with Crippen LogP contribution in [0.1, 0.15) is 25.6 Å². The fraction of sp³-hybridized carbons (Fsp3) is 0.643. The van der Waals surface area contributed by atoms with Crippen LogP contribution in [0.3, 0.4) is 0 Å². The van der Waals surface area contributed by atoms with Crippen LogP contribution in [-0.4, -0.2) is 48.8 Å². The summed E-state index contributed by atoms with van der Waals surface area (Å²) in [5.74, 6) is 0. The first kappa shape index (κ1) is 16.4. The number of nitrogens with one attached hydrogen (secondary N) is 1. The van der Waals surface area contributed by atoms with E-state index in [0.717, 1.165) is 34.3 Å². The summed E-state index contributed by atoms with van der Waals surface area (Å²) in [6, 6.07) is 2.66. The van der Waals surface area contributed by atoms with Crippen LogP contribution in [-0.2, 0) is 4.74 Å². The molecule has 0 saturated carbocycles. The van der Waals surface area contributed by atoms with Crippen molar-refractivity contribution in [3.05, 3.63) is 26.9 Å². The van der Waals surface area contributed by atoms with Gasteiger partial charge in [-0.3, -0.25) is 9.88 Å². The summed E-state index contributed by atoms with van der Waals surface area (Å²) >= 11 is 7.07. The Morgan fingerprint density at radius 3 is 2.90 bits per heavy atom. The molecule has 1 aliphatic rings. The summed E-state index contributed by atoms with van der Waals surface area (Å²) in [6.45, 7) is 6.82. The van der Waals surface area contributed by atoms with Gasteiger partial charge in [-0.15, -0.1) is 0 Å². The topological polar surface area (TPSA) is 37.4 Å². The van der Waals surface area contributed by atoms with Gasteiger partial charge < -0.3 is 10.1 Å². The van der Waals surface area contributed by atoms with Gasteiger partial charge in [0.25, 0.3) is 0 Å². The molecule has 0 radical (unpaired) electrons. The summed E-state index contributed by atoms with van der Waals surface area (Å²) in [4.78, 5) is 6.90. The summed E-state index contributed by atoms with van der Waals surface area (Å²) in [5, 5.41) is 3.46. The number of hydrogen-bond donors (Lipinski definition) is 1. The molecule has 1 fully saturated rings. The third kappa shape index (κ3) is 4.01. The van der Waals surface area contributed by atoms with Crippen molar-refractivity contribution in [1.29, 1.82) is 0 Å². The van der Waals surface area contributed by atoms with Crippen LogP contribution in [0.5, 0.6) is 0 Å².